The van der Waals surface area contributed by atoms with Gasteiger partial charge in [-0.3, -0.25) is 4.79 Å². The van der Waals surface area contributed by atoms with Crippen LogP contribution in [-0.4, -0.2) is 28.3 Å². The van der Waals surface area contributed by atoms with Crippen LogP contribution in [0, 0.1) is 0 Å². The van der Waals surface area contributed by atoms with Crippen molar-refractivity contribution >= 4 is 17.4 Å². The van der Waals surface area contributed by atoms with E-state index in [9.17, 15) is 4.79 Å². The molecular weight excluding hydrogens is 222 g/mol. The molecule has 0 saturated carbocycles. The molecule has 16 heavy (non-hydrogen) atoms. The van der Waals surface area contributed by atoms with Crippen LogP contribution in [0.4, 0.5) is 5.69 Å². The van der Waals surface area contributed by atoms with Crippen molar-refractivity contribution in [3.63, 3.8) is 0 Å². The molecule has 0 spiro atoms. The lowest BCUT2D eigenvalue weighted by Crippen LogP contribution is -2.23. The maximum absolute atomic E-state index is 11.7. The first-order chi connectivity index (χ1) is 7.77. The number of anilines is 1. The maximum atomic E-state index is 11.7. The van der Waals surface area contributed by atoms with Crippen molar-refractivity contribution in [1.29, 1.82) is 0 Å². The smallest absolute Gasteiger partial charge is 0.268 e. The molecule has 1 rings (SSSR count). The molecule has 0 radical (unpaired) electrons. The van der Waals surface area contributed by atoms with E-state index in [0.717, 1.165) is 30.8 Å². The zero-order valence-electron chi connectivity index (χ0n) is 9.90. The van der Waals surface area contributed by atoms with Crippen molar-refractivity contribution < 1.29 is 0 Å². The Morgan fingerprint density at radius 1 is 1.56 bits per heavy atom. The van der Waals surface area contributed by atoms with Gasteiger partial charge in [-0.05, 0) is 24.9 Å². The highest BCUT2D eigenvalue weighted by atomic mass is 32.2. The Morgan fingerprint density at radius 3 is 3.00 bits per heavy atom. The summed E-state index contributed by atoms with van der Waals surface area (Å²) >= 11 is 1.79. The minimum absolute atomic E-state index is 0.0257. The summed E-state index contributed by atoms with van der Waals surface area (Å²) in [6, 6.07) is 1.61. The van der Waals surface area contributed by atoms with Gasteiger partial charge in [0.05, 0.1) is 11.9 Å². The Morgan fingerprint density at radius 2 is 2.38 bits per heavy atom. The number of aromatic nitrogens is 2. The Labute approximate surface area is 100 Å². The number of nitrogens with zero attached hydrogens (tertiary/aromatic N) is 2. The van der Waals surface area contributed by atoms with E-state index in [2.05, 4.69) is 23.6 Å². The van der Waals surface area contributed by atoms with E-state index in [-0.39, 0.29) is 5.56 Å². The molecule has 0 atom stereocenters. The third-order valence-corrected chi connectivity index (χ3v) is 2.86. The predicted molar refractivity (Wildman–Crippen MR) is 70.3 cm³/mol. The molecule has 90 valence electrons. The summed E-state index contributed by atoms with van der Waals surface area (Å²) in [4.78, 5) is 11.7. The fourth-order valence-corrected chi connectivity index (χ4v) is 1.74. The first-order valence-electron chi connectivity index (χ1n) is 5.58. The Bertz CT molecular complexity index is 364. The van der Waals surface area contributed by atoms with Crippen molar-refractivity contribution in [2.75, 3.05) is 23.9 Å². The number of hydrogen-bond acceptors (Lipinski definition) is 4. The van der Waals surface area contributed by atoms with Crippen LogP contribution in [0.25, 0.3) is 0 Å². The largest absolute Gasteiger partial charge is 0.384 e. The van der Waals surface area contributed by atoms with Crippen LogP contribution in [0.15, 0.2) is 17.1 Å². The van der Waals surface area contributed by atoms with Gasteiger partial charge in [-0.2, -0.15) is 16.9 Å². The number of aryl methyl sites for hydroxylation is 1. The molecule has 0 fully saturated rings. The summed E-state index contributed by atoms with van der Waals surface area (Å²) in [5, 5.41) is 7.29. The standard InChI is InChI=1S/C11H19N3OS/c1-3-5-12-10-8-11(15)14(13-9-10)6-4-7-16-2/h8-9,12H,3-7H2,1-2H3. The van der Waals surface area contributed by atoms with E-state index in [1.165, 1.54) is 4.68 Å². The molecule has 1 aromatic rings. The van der Waals surface area contributed by atoms with E-state index >= 15 is 0 Å². The molecule has 5 heteroatoms. The number of nitrogens with one attached hydrogen (secondary N) is 1. The summed E-state index contributed by atoms with van der Waals surface area (Å²) in [6.45, 7) is 3.66. The zero-order chi connectivity index (χ0) is 11.8. The highest BCUT2D eigenvalue weighted by Gasteiger charge is 1.99. The van der Waals surface area contributed by atoms with E-state index in [4.69, 9.17) is 0 Å². The van der Waals surface area contributed by atoms with Gasteiger partial charge in [0.1, 0.15) is 0 Å². The van der Waals surface area contributed by atoms with E-state index in [1.807, 2.05) is 0 Å². The van der Waals surface area contributed by atoms with Crippen molar-refractivity contribution in [1.82, 2.24) is 9.78 Å². The van der Waals surface area contributed by atoms with Crippen LogP contribution in [0.3, 0.4) is 0 Å². The molecule has 0 aromatic carbocycles. The van der Waals surface area contributed by atoms with Gasteiger partial charge in [0.25, 0.3) is 5.56 Å². The lowest BCUT2D eigenvalue weighted by molar-refractivity contribution is 0.571. The van der Waals surface area contributed by atoms with Crippen LogP contribution in [0.1, 0.15) is 19.8 Å². The minimum Gasteiger partial charge on any atom is -0.384 e. The quantitative estimate of drug-likeness (QED) is 0.740. The Kier molecular flexibility index (Phi) is 6.00. The van der Waals surface area contributed by atoms with E-state index in [1.54, 1.807) is 24.0 Å². The van der Waals surface area contributed by atoms with Gasteiger partial charge in [-0.15, -0.1) is 0 Å². The molecule has 0 bridgehead atoms. The summed E-state index contributed by atoms with van der Waals surface area (Å²) in [5.74, 6) is 1.06. The monoisotopic (exact) mass is 241 g/mol. The second kappa shape index (κ2) is 7.33. The second-order valence-electron chi connectivity index (χ2n) is 3.58. The zero-order valence-corrected chi connectivity index (χ0v) is 10.7. The molecule has 0 amide bonds. The number of hydrogen-bond donors (Lipinski definition) is 1. The van der Waals surface area contributed by atoms with Crippen LogP contribution in [0.5, 0.6) is 0 Å². The van der Waals surface area contributed by atoms with Crippen LogP contribution >= 0.6 is 11.8 Å². The molecule has 4 nitrogen and oxygen atoms in total. The van der Waals surface area contributed by atoms with Crippen LogP contribution in [-0.2, 0) is 6.54 Å². The van der Waals surface area contributed by atoms with Crippen molar-refractivity contribution in [2.45, 2.75) is 26.3 Å². The van der Waals surface area contributed by atoms with Gasteiger partial charge >= 0.3 is 0 Å². The minimum atomic E-state index is -0.0257. The molecule has 0 unspecified atom stereocenters. The van der Waals surface area contributed by atoms with Gasteiger partial charge in [0.15, 0.2) is 0 Å². The van der Waals surface area contributed by atoms with Gasteiger partial charge in [-0.25, -0.2) is 4.68 Å². The maximum Gasteiger partial charge on any atom is 0.268 e. The molecule has 0 aliphatic heterocycles. The van der Waals surface area contributed by atoms with Gasteiger partial charge in [0, 0.05) is 19.2 Å². The molecule has 0 saturated heterocycles. The van der Waals surface area contributed by atoms with Crippen LogP contribution in [0.2, 0.25) is 0 Å². The van der Waals surface area contributed by atoms with Crippen LogP contribution < -0.4 is 10.9 Å². The van der Waals surface area contributed by atoms with Crippen molar-refractivity contribution in [3.05, 3.63) is 22.6 Å². The molecule has 0 aliphatic carbocycles. The predicted octanol–water partition coefficient (Wildman–Crippen LogP) is 1.82. The fourth-order valence-electron chi connectivity index (χ4n) is 1.33. The number of rotatable bonds is 7. The number of thioether (sulfide) groups is 1. The molecular formula is C11H19N3OS. The molecule has 1 N–H and O–H groups in total. The van der Waals surface area contributed by atoms with E-state index < -0.39 is 0 Å². The molecule has 1 heterocycles. The highest BCUT2D eigenvalue weighted by molar-refractivity contribution is 7.98. The lowest BCUT2D eigenvalue weighted by Gasteiger charge is -2.06. The van der Waals surface area contributed by atoms with Gasteiger partial charge in [0.2, 0.25) is 0 Å². The first-order valence-corrected chi connectivity index (χ1v) is 6.97. The lowest BCUT2D eigenvalue weighted by atomic mass is 10.4. The molecule has 1 aromatic heterocycles. The SMILES string of the molecule is CCCNc1cnn(CCCSC)c(=O)c1. The average Bonchev–Trinajstić information content (AvgIpc) is 2.29. The van der Waals surface area contributed by atoms with Gasteiger partial charge < -0.3 is 5.32 Å². The van der Waals surface area contributed by atoms with E-state index in [0.29, 0.717) is 6.54 Å². The van der Waals surface area contributed by atoms with Crippen molar-refractivity contribution in [3.8, 4) is 0 Å². The second-order valence-corrected chi connectivity index (χ2v) is 4.56. The summed E-state index contributed by atoms with van der Waals surface area (Å²) in [6.07, 6.45) is 5.80. The summed E-state index contributed by atoms with van der Waals surface area (Å²) < 4.78 is 1.52. The third-order valence-electron chi connectivity index (χ3n) is 2.17. The first kappa shape index (κ1) is 13.1. The topological polar surface area (TPSA) is 46.9 Å². The Balaban J connectivity index is 2.57. The third kappa shape index (κ3) is 4.26. The highest BCUT2D eigenvalue weighted by Crippen LogP contribution is 2.01. The molecule has 0 aliphatic rings. The Hall–Kier alpha value is -0.970. The normalized spacial score (nSPS) is 10.4. The summed E-state index contributed by atoms with van der Waals surface area (Å²) in [5.41, 5.74) is 0.787. The summed E-state index contributed by atoms with van der Waals surface area (Å²) in [7, 11) is 0. The average molecular weight is 241 g/mol. The fraction of sp³-hybridized carbons (Fsp3) is 0.636. The van der Waals surface area contributed by atoms with Crippen molar-refractivity contribution in [2.24, 2.45) is 0 Å². The van der Waals surface area contributed by atoms with Gasteiger partial charge in [-0.1, -0.05) is 6.92 Å².